The minimum absolute atomic E-state index is 0.0283. The number of hydrogen-bond donors (Lipinski definition) is 1. The Hall–Kier alpha value is -3.56. The van der Waals surface area contributed by atoms with Gasteiger partial charge in [0.25, 0.3) is 10.0 Å². The van der Waals surface area contributed by atoms with Gasteiger partial charge in [0, 0.05) is 5.02 Å². The van der Waals surface area contributed by atoms with Gasteiger partial charge in [0.05, 0.1) is 29.9 Å². The smallest absolute Gasteiger partial charge is 0.343 e. The molecule has 0 aliphatic heterocycles. The summed E-state index contributed by atoms with van der Waals surface area (Å²) in [5.41, 5.74) is 0.885. The van der Waals surface area contributed by atoms with Gasteiger partial charge in [-0.15, -0.1) is 0 Å². The zero-order valence-corrected chi connectivity index (χ0v) is 20.1. The molecule has 1 N–H and O–H groups in total. The lowest BCUT2D eigenvalue weighted by atomic mass is 10.2. The molecule has 8 nitrogen and oxygen atoms in total. The maximum atomic E-state index is 12.5. The molecule has 0 amide bonds. The fraction of sp³-hybridized carbons (Fsp3) is 0.167. The van der Waals surface area contributed by atoms with E-state index < -0.39 is 16.0 Å². The van der Waals surface area contributed by atoms with Gasteiger partial charge >= 0.3 is 5.97 Å². The van der Waals surface area contributed by atoms with E-state index in [1.807, 2.05) is 6.92 Å². The van der Waals surface area contributed by atoms with E-state index in [9.17, 15) is 13.2 Å². The van der Waals surface area contributed by atoms with Crippen LogP contribution >= 0.6 is 11.6 Å². The van der Waals surface area contributed by atoms with Crippen LogP contribution in [-0.2, 0) is 10.0 Å². The Balaban J connectivity index is 1.71. The van der Waals surface area contributed by atoms with E-state index in [0.29, 0.717) is 40.9 Å². The molecule has 0 aromatic heterocycles. The number of benzene rings is 3. The van der Waals surface area contributed by atoms with E-state index in [0.717, 1.165) is 0 Å². The van der Waals surface area contributed by atoms with Gasteiger partial charge in [-0.05, 0) is 86.1 Å². The minimum Gasteiger partial charge on any atom is -0.494 e. The molecule has 0 aliphatic rings. The Kier molecular flexibility index (Phi) is 8.50. The van der Waals surface area contributed by atoms with E-state index in [4.69, 9.17) is 25.8 Å². The van der Waals surface area contributed by atoms with Crippen molar-refractivity contribution >= 4 is 33.8 Å². The molecule has 3 aromatic rings. The molecule has 0 bridgehead atoms. The van der Waals surface area contributed by atoms with Gasteiger partial charge in [-0.2, -0.15) is 13.5 Å². The summed E-state index contributed by atoms with van der Waals surface area (Å²) in [6.45, 7) is 4.52. The van der Waals surface area contributed by atoms with Crippen molar-refractivity contribution < 1.29 is 27.4 Å². The second-order valence-corrected chi connectivity index (χ2v) is 8.89. The third kappa shape index (κ3) is 6.72. The second-order valence-electron chi connectivity index (χ2n) is 6.79. The summed E-state index contributed by atoms with van der Waals surface area (Å²) in [5, 5.41) is 4.23. The average Bonchev–Trinajstić information content (AvgIpc) is 2.81. The van der Waals surface area contributed by atoms with Crippen molar-refractivity contribution in [1.82, 2.24) is 4.83 Å². The lowest BCUT2D eigenvalue weighted by Crippen LogP contribution is -2.18. The average molecular weight is 503 g/mol. The Morgan fingerprint density at radius 3 is 2.26 bits per heavy atom. The van der Waals surface area contributed by atoms with Crippen molar-refractivity contribution in [2.45, 2.75) is 18.7 Å². The third-order valence-corrected chi connectivity index (χ3v) is 5.87. The summed E-state index contributed by atoms with van der Waals surface area (Å²) in [6.07, 6.45) is 1.31. The van der Waals surface area contributed by atoms with Gasteiger partial charge in [-0.3, -0.25) is 0 Å². The first-order valence-corrected chi connectivity index (χ1v) is 12.2. The van der Waals surface area contributed by atoms with E-state index in [-0.39, 0.29) is 10.6 Å². The summed E-state index contributed by atoms with van der Waals surface area (Å²) in [5.74, 6) is 0.636. The van der Waals surface area contributed by atoms with Gasteiger partial charge in [0.15, 0.2) is 11.5 Å². The number of ether oxygens (including phenoxy) is 3. The number of rotatable bonds is 10. The van der Waals surface area contributed by atoms with Crippen LogP contribution in [0.3, 0.4) is 0 Å². The van der Waals surface area contributed by atoms with Crippen molar-refractivity contribution in [2.24, 2.45) is 5.10 Å². The van der Waals surface area contributed by atoms with Crippen molar-refractivity contribution in [2.75, 3.05) is 13.2 Å². The highest BCUT2D eigenvalue weighted by Gasteiger charge is 2.14. The molecule has 3 aromatic carbocycles. The Bertz CT molecular complexity index is 1260. The quantitative estimate of drug-likeness (QED) is 0.187. The first kappa shape index (κ1) is 25.1. The number of esters is 1. The van der Waals surface area contributed by atoms with Crippen LogP contribution in [0, 0.1) is 0 Å². The molecule has 0 atom stereocenters. The molecular weight excluding hydrogens is 480 g/mol. The van der Waals surface area contributed by atoms with Crippen molar-refractivity contribution in [3.63, 3.8) is 0 Å². The summed E-state index contributed by atoms with van der Waals surface area (Å²) >= 11 is 5.79. The highest BCUT2D eigenvalue weighted by molar-refractivity contribution is 7.89. The van der Waals surface area contributed by atoms with Crippen LogP contribution in [0.2, 0.25) is 5.02 Å². The molecule has 10 heteroatoms. The first-order valence-electron chi connectivity index (χ1n) is 10.3. The van der Waals surface area contributed by atoms with Crippen LogP contribution in [0.15, 0.2) is 76.7 Å². The van der Waals surface area contributed by atoms with E-state index in [2.05, 4.69) is 9.93 Å². The number of sulfonamides is 1. The number of halogens is 1. The zero-order chi connectivity index (χ0) is 24.6. The van der Waals surface area contributed by atoms with E-state index in [1.165, 1.54) is 30.5 Å². The number of nitrogens with one attached hydrogen (secondary N) is 1. The van der Waals surface area contributed by atoms with Crippen molar-refractivity contribution in [3.8, 4) is 17.2 Å². The van der Waals surface area contributed by atoms with Gasteiger partial charge < -0.3 is 14.2 Å². The van der Waals surface area contributed by atoms with Crippen LogP contribution in [0.5, 0.6) is 17.2 Å². The molecule has 0 radical (unpaired) electrons. The Labute approximate surface area is 203 Å². The van der Waals surface area contributed by atoms with E-state index in [1.54, 1.807) is 49.4 Å². The zero-order valence-electron chi connectivity index (χ0n) is 18.5. The normalized spacial score (nSPS) is 11.3. The summed E-state index contributed by atoms with van der Waals surface area (Å²) in [7, 11) is -3.85. The number of hydrazone groups is 1. The molecule has 34 heavy (non-hydrogen) atoms. The van der Waals surface area contributed by atoms with Crippen LogP contribution in [0.25, 0.3) is 0 Å². The summed E-state index contributed by atoms with van der Waals surface area (Å²) < 4.78 is 41.1. The minimum atomic E-state index is -3.85. The molecule has 0 saturated carbocycles. The fourth-order valence-corrected chi connectivity index (χ4v) is 3.72. The maximum Gasteiger partial charge on any atom is 0.343 e. The molecule has 0 spiro atoms. The topological polar surface area (TPSA) is 103 Å². The summed E-state index contributed by atoms with van der Waals surface area (Å²) in [4.78, 5) is 14.7. The van der Waals surface area contributed by atoms with Gasteiger partial charge in [0.1, 0.15) is 5.75 Å². The molecular formula is C24H23ClN2O6S. The maximum absolute atomic E-state index is 12.5. The van der Waals surface area contributed by atoms with Gasteiger partial charge in [-0.25, -0.2) is 9.63 Å². The highest BCUT2D eigenvalue weighted by atomic mass is 35.5. The van der Waals surface area contributed by atoms with Crippen LogP contribution in [0.1, 0.15) is 29.8 Å². The Morgan fingerprint density at radius 1 is 0.941 bits per heavy atom. The summed E-state index contributed by atoms with van der Waals surface area (Å²) in [6, 6.07) is 17.1. The fourth-order valence-electron chi connectivity index (χ4n) is 2.81. The Morgan fingerprint density at radius 2 is 1.62 bits per heavy atom. The lowest BCUT2D eigenvalue weighted by molar-refractivity contribution is 0.0728. The van der Waals surface area contributed by atoms with Gasteiger partial charge in [-0.1, -0.05) is 11.6 Å². The first-order chi connectivity index (χ1) is 16.3. The van der Waals surface area contributed by atoms with Crippen LogP contribution < -0.4 is 19.0 Å². The predicted molar refractivity (Wildman–Crippen MR) is 130 cm³/mol. The molecule has 178 valence electrons. The monoisotopic (exact) mass is 502 g/mol. The SMILES string of the molecule is CCOc1ccc(C(=O)Oc2ccc(C=NNS(=O)(=O)c3ccc(Cl)cc3)cc2OCC)cc1. The molecule has 0 aliphatic carbocycles. The number of carbonyl (C=O) groups excluding carboxylic acids is 1. The molecule has 3 rings (SSSR count). The van der Waals surface area contributed by atoms with E-state index >= 15 is 0 Å². The van der Waals surface area contributed by atoms with Gasteiger partial charge in [0.2, 0.25) is 0 Å². The largest absolute Gasteiger partial charge is 0.494 e. The second kappa shape index (κ2) is 11.5. The number of carbonyl (C=O) groups is 1. The van der Waals surface area contributed by atoms with Crippen molar-refractivity contribution in [1.29, 1.82) is 0 Å². The third-order valence-electron chi connectivity index (χ3n) is 4.38. The lowest BCUT2D eigenvalue weighted by Gasteiger charge is -2.11. The van der Waals surface area contributed by atoms with Crippen LogP contribution in [0.4, 0.5) is 0 Å². The number of nitrogens with zero attached hydrogens (tertiary/aromatic N) is 1. The van der Waals surface area contributed by atoms with Crippen molar-refractivity contribution in [3.05, 3.63) is 82.9 Å². The predicted octanol–water partition coefficient (Wildman–Crippen LogP) is 4.67. The number of hydrogen-bond acceptors (Lipinski definition) is 7. The highest BCUT2D eigenvalue weighted by Crippen LogP contribution is 2.29. The molecule has 0 heterocycles. The molecule has 0 fully saturated rings. The molecule has 0 unspecified atom stereocenters. The standard InChI is InChI=1S/C24H23ClN2O6S/c1-3-31-20-10-6-18(7-11-20)24(28)33-22-14-5-17(15-23(22)32-4-2)16-26-27-34(29,30)21-12-8-19(25)9-13-21/h5-16,27H,3-4H2,1-2H3. The van der Waals surface area contributed by atoms with Crippen LogP contribution in [-0.4, -0.2) is 33.8 Å². The molecule has 0 saturated heterocycles.